The summed E-state index contributed by atoms with van der Waals surface area (Å²) in [7, 11) is 1.61. The molecule has 1 amide bonds. The van der Waals surface area contributed by atoms with E-state index in [0.29, 0.717) is 30.9 Å². The number of carboxylic acids is 1. The minimum atomic E-state index is -1.06. The Labute approximate surface area is 201 Å². The lowest BCUT2D eigenvalue weighted by Gasteiger charge is -2.44. The smallest absolute Gasteiger partial charge is 0.410 e. The highest BCUT2D eigenvalue weighted by atomic mass is 16.6. The molecule has 0 radical (unpaired) electrons. The number of carbonyl (C=O) groups is 2. The summed E-state index contributed by atoms with van der Waals surface area (Å²) in [6.07, 6.45) is 1.22. The van der Waals surface area contributed by atoms with Gasteiger partial charge >= 0.3 is 12.1 Å². The van der Waals surface area contributed by atoms with Gasteiger partial charge in [0, 0.05) is 49.0 Å². The molecule has 0 spiro atoms. The zero-order chi connectivity index (χ0) is 25.2. The summed E-state index contributed by atoms with van der Waals surface area (Å²) in [5, 5.41) is 9.58. The molecule has 1 saturated heterocycles. The standard InChI is InChI=1S/C26H35N3O5/c1-16-10-11-27-23(24(30)31)22(16)19-8-9-20(21(12-19)33-7)15-28-13-17(2)29(18(3)14-28)25(32)34-26(4,5)6/h8-12,17-18H,13-15H2,1-7H3,(H,30,31)/t17-,18+. The van der Waals surface area contributed by atoms with E-state index in [-0.39, 0.29) is 23.9 Å². The lowest BCUT2D eigenvalue weighted by molar-refractivity contribution is -0.0163. The number of piperazine rings is 1. The molecule has 0 saturated carbocycles. The molecular formula is C26H35N3O5. The average molecular weight is 470 g/mol. The van der Waals surface area contributed by atoms with Gasteiger partial charge in [0.1, 0.15) is 11.4 Å². The third-order valence-corrected chi connectivity index (χ3v) is 5.93. The fraction of sp³-hybridized carbons (Fsp3) is 0.500. The zero-order valence-corrected chi connectivity index (χ0v) is 21.1. The van der Waals surface area contributed by atoms with E-state index < -0.39 is 11.6 Å². The Morgan fingerprint density at radius 2 is 1.79 bits per heavy atom. The summed E-state index contributed by atoms with van der Waals surface area (Å²) in [6, 6.07) is 7.56. The molecule has 34 heavy (non-hydrogen) atoms. The Balaban J connectivity index is 1.80. The van der Waals surface area contributed by atoms with Gasteiger partial charge in [0.2, 0.25) is 0 Å². The number of carboxylic acid groups (broad SMARTS) is 1. The van der Waals surface area contributed by atoms with Crippen molar-refractivity contribution in [1.82, 2.24) is 14.8 Å². The van der Waals surface area contributed by atoms with Crippen LogP contribution in [0.1, 0.15) is 56.2 Å². The first-order chi connectivity index (χ1) is 15.9. The van der Waals surface area contributed by atoms with Crippen LogP contribution < -0.4 is 4.74 Å². The van der Waals surface area contributed by atoms with Gasteiger partial charge < -0.3 is 19.5 Å². The van der Waals surface area contributed by atoms with E-state index in [9.17, 15) is 14.7 Å². The predicted octanol–water partition coefficient (Wildman–Crippen LogP) is 4.59. The summed E-state index contributed by atoms with van der Waals surface area (Å²) in [5.41, 5.74) is 2.66. The second kappa shape index (κ2) is 10.0. The van der Waals surface area contributed by atoms with Gasteiger partial charge in [-0.15, -0.1) is 0 Å². The summed E-state index contributed by atoms with van der Waals surface area (Å²) in [5.74, 6) is -0.375. The van der Waals surface area contributed by atoms with E-state index in [4.69, 9.17) is 9.47 Å². The van der Waals surface area contributed by atoms with Crippen LogP contribution in [0.4, 0.5) is 4.79 Å². The molecule has 1 aromatic heterocycles. The fourth-order valence-corrected chi connectivity index (χ4v) is 4.59. The molecule has 8 heteroatoms. The number of ether oxygens (including phenoxy) is 2. The van der Waals surface area contributed by atoms with Crippen LogP contribution in [0.3, 0.4) is 0 Å². The number of rotatable bonds is 5. The Morgan fingerprint density at radius 1 is 1.15 bits per heavy atom. The third-order valence-electron chi connectivity index (χ3n) is 5.93. The predicted molar refractivity (Wildman–Crippen MR) is 130 cm³/mol. The molecule has 0 aliphatic carbocycles. The number of benzene rings is 1. The average Bonchev–Trinajstić information content (AvgIpc) is 2.72. The molecule has 184 valence electrons. The maximum Gasteiger partial charge on any atom is 0.410 e. The lowest BCUT2D eigenvalue weighted by Crippen LogP contribution is -2.59. The van der Waals surface area contributed by atoms with Gasteiger partial charge in [-0.3, -0.25) is 4.90 Å². The van der Waals surface area contributed by atoms with Crippen molar-refractivity contribution in [2.75, 3.05) is 20.2 Å². The van der Waals surface area contributed by atoms with Gasteiger partial charge in [-0.05, 0) is 64.8 Å². The summed E-state index contributed by atoms with van der Waals surface area (Å²) in [4.78, 5) is 32.6. The number of aromatic carboxylic acids is 1. The van der Waals surface area contributed by atoms with Gasteiger partial charge in [-0.1, -0.05) is 12.1 Å². The molecule has 1 N–H and O–H groups in total. The molecule has 1 aliphatic heterocycles. The number of aromatic nitrogens is 1. The van der Waals surface area contributed by atoms with Crippen LogP contribution in [-0.2, 0) is 11.3 Å². The number of nitrogens with zero attached hydrogens (tertiary/aromatic N) is 3. The van der Waals surface area contributed by atoms with Crippen LogP contribution in [0.25, 0.3) is 11.1 Å². The number of aryl methyl sites for hydroxylation is 1. The maximum absolute atomic E-state index is 12.7. The molecule has 1 aromatic carbocycles. The number of pyridine rings is 1. The first kappa shape index (κ1) is 25.5. The van der Waals surface area contributed by atoms with E-state index in [1.54, 1.807) is 13.2 Å². The number of carbonyl (C=O) groups excluding carboxylic acids is 1. The summed E-state index contributed by atoms with van der Waals surface area (Å²) >= 11 is 0. The van der Waals surface area contributed by atoms with Crippen LogP contribution in [0.15, 0.2) is 30.5 Å². The highest BCUT2D eigenvalue weighted by Gasteiger charge is 2.35. The van der Waals surface area contributed by atoms with Gasteiger partial charge in [-0.2, -0.15) is 0 Å². The van der Waals surface area contributed by atoms with E-state index in [0.717, 1.165) is 16.7 Å². The first-order valence-electron chi connectivity index (χ1n) is 11.5. The summed E-state index contributed by atoms with van der Waals surface area (Å²) < 4.78 is 11.3. The Bertz CT molecular complexity index is 1050. The van der Waals surface area contributed by atoms with Crippen LogP contribution in [0, 0.1) is 6.92 Å². The quantitative estimate of drug-likeness (QED) is 0.684. The van der Waals surface area contributed by atoms with Gasteiger partial charge in [-0.25, -0.2) is 14.6 Å². The summed E-state index contributed by atoms with van der Waals surface area (Å²) in [6.45, 7) is 13.6. The van der Waals surface area contributed by atoms with Crippen molar-refractivity contribution < 1.29 is 24.2 Å². The van der Waals surface area contributed by atoms with E-state index >= 15 is 0 Å². The Kier molecular flexibility index (Phi) is 7.51. The van der Waals surface area contributed by atoms with E-state index in [2.05, 4.69) is 9.88 Å². The molecular weight excluding hydrogens is 434 g/mol. The Hall–Kier alpha value is -3.13. The highest BCUT2D eigenvalue weighted by Crippen LogP contribution is 2.32. The monoisotopic (exact) mass is 469 g/mol. The number of methoxy groups -OCH3 is 1. The van der Waals surface area contributed by atoms with Crippen molar-refractivity contribution in [2.24, 2.45) is 0 Å². The molecule has 2 heterocycles. The minimum Gasteiger partial charge on any atom is -0.496 e. The molecule has 1 fully saturated rings. The van der Waals surface area contributed by atoms with E-state index in [1.807, 2.05) is 64.6 Å². The van der Waals surface area contributed by atoms with Gasteiger partial charge in [0.05, 0.1) is 7.11 Å². The number of hydrogen-bond acceptors (Lipinski definition) is 6. The zero-order valence-electron chi connectivity index (χ0n) is 21.1. The Morgan fingerprint density at radius 3 is 2.35 bits per heavy atom. The maximum atomic E-state index is 12.7. The van der Waals surface area contributed by atoms with Crippen LogP contribution in [-0.4, -0.2) is 69.8 Å². The van der Waals surface area contributed by atoms with E-state index in [1.165, 1.54) is 6.20 Å². The first-order valence-corrected chi connectivity index (χ1v) is 11.5. The molecule has 1 aliphatic rings. The van der Waals surface area contributed by atoms with Crippen LogP contribution >= 0.6 is 0 Å². The van der Waals surface area contributed by atoms with Gasteiger partial charge in [0.15, 0.2) is 5.69 Å². The molecule has 0 unspecified atom stereocenters. The molecule has 3 rings (SSSR count). The molecule has 2 aromatic rings. The van der Waals surface area contributed by atoms with Crippen LogP contribution in [0.2, 0.25) is 0 Å². The van der Waals surface area contributed by atoms with Gasteiger partial charge in [0.25, 0.3) is 0 Å². The second-order valence-corrected chi connectivity index (χ2v) is 9.96. The molecule has 0 bridgehead atoms. The largest absolute Gasteiger partial charge is 0.496 e. The van der Waals surface area contributed by atoms with Crippen molar-refractivity contribution in [3.05, 3.63) is 47.3 Å². The lowest BCUT2D eigenvalue weighted by atomic mass is 9.97. The van der Waals surface area contributed by atoms with Crippen molar-refractivity contribution in [1.29, 1.82) is 0 Å². The molecule has 8 nitrogen and oxygen atoms in total. The normalized spacial score (nSPS) is 19.1. The van der Waals surface area contributed by atoms with Crippen molar-refractivity contribution in [2.45, 2.75) is 65.8 Å². The van der Waals surface area contributed by atoms with Crippen LogP contribution in [0.5, 0.6) is 5.75 Å². The van der Waals surface area contributed by atoms with Crippen molar-refractivity contribution in [3.63, 3.8) is 0 Å². The SMILES string of the molecule is COc1cc(-c2c(C)ccnc2C(=O)O)ccc1CN1C[C@@H](C)N(C(=O)OC(C)(C)C)[C@@H](C)C1. The van der Waals surface area contributed by atoms with Crippen molar-refractivity contribution >= 4 is 12.1 Å². The number of hydrogen-bond donors (Lipinski definition) is 1. The van der Waals surface area contributed by atoms with Crippen molar-refractivity contribution in [3.8, 4) is 16.9 Å². The third kappa shape index (κ3) is 5.67. The second-order valence-electron chi connectivity index (χ2n) is 9.96. The highest BCUT2D eigenvalue weighted by molar-refractivity contribution is 5.95. The topological polar surface area (TPSA) is 92.2 Å². The fourth-order valence-electron chi connectivity index (χ4n) is 4.59. The number of amides is 1. The molecule has 2 atom stereocenters. The minimum absolute atomic E-state index is 0.0000330.